The standard InChI is InChI=1S/C15H10F3N3O2/c16-15(17,18)13-8(6-12(22)23)3-4-19-14(13)9-1-2-11-10(5-9)7-20-21-11/h1-5,7H,6H2,(H,20,21)(H,22,23). The average molecular weight is 321 g/mol. The number of carboxylic acids is 1. The van der Waals surface area contributed by atoms with Crippen LogP contribution in [0.25, 0.3) is 22.2 Å². The Balaban J connectivity index is 2.23. The third kappa shape index (κ3) is 2.87. The number of halogens is 3. The number of hydrogen-bond acceptors (Lipinski definition) is 3. The second-order valence-corrected chi connectivity index (χ2v) is 4.93. The zero-order valence-corrected chi connectivity index (χ0v) is 11.6. The maximum Gasteiger partial charge on any atom is 0.418 e. The van der Waals surface area contributed by atoms with Crippen molar-refractivity contribution in [2.75, 3.05) is 0 Å². The molecule has 0 spiro atoms. The second-order valence-electron chi connectivity index (χ2n) is 4.93. The molecule has 0 atom stereocenters. The summed E-state index contributed by atoms with van der Waals surface area (Å²) in [6.07, 6.45) is -2.76. The Morgan fingerprint density at radius 2 is 2.04 bits per heavy atom. The summed E-state index contributed by atoms with van der Waals surface area (Å²) in [5.41, 5.74) is -0.700. The summed E-state index contributed by atoms with van der Waals surface area (Å²) in [6, 6.07) is 5.70. The van der Waals surface area contributed by atoms with Crippen LogP contribution in [-0.4, -0.2) is 26.3 Å². The molecule has 0 unspecified atom stereocenters. The number of H-pyrrole nitrogens is 1. The summed E-state index contributed by atoms with van der Waals surface area (Å²) in [5.74, 6) is -1.34. The van der Waals surface area contributed by atoms with Crippen molar-refractivity contribution in [1.82, 2.24) is 15.2 Å². The van der Waals surface area contributed by atoms with Crippen LogP contribution in [0.1, 0.15) is 11.1 Å². The van der Waals surface area contributed by atoms with Crippen LogP contribution in [0.4, 0.5) is 13.2 Å². The fraction of sp³-hybridized carbons (Fsp3) is 0.133. The van der Waals surface area contributed by atoms with Gasteiger partial charge in [-0.05, 0) is 23.8 Å². The van der Waals surface area contributed by atoms with Gasteiger partial charge in [0.25, 0.3) is 0 Å². The SMILES string of the molecule is O=C(O)Cc1ccnc(-c2ccc3[nH]ncc3c2)c1C(F)(F)F. The number of hydrogen-bond donors (Lipinski definition) is 2. The number of aromatic nitrogens is 3. The molecule has 2 N–H and O–H groups in total. The zero-order valence-electron chi connectivity index (χ0n) is 11.6. The highest BCUT2D eigenvalue weighted by Crippen LogP contribution is 2.39. The van der Waals surface area contributed by atoms with Gasteiger partial charge in [0, 0.05) is 17.1 Å². The lowest BCUT2D eigenvalue weighted by atomic mass is 9.98. The van der Waals surface area contributed by atoms with Crippen molar-refractivity contribution in [3.05, 3.63) is 47.8 Å². The molecule has 1 aromatic carbocycles. The molecule has 2 heterocycles. The molecule has 0 aliphatic heterocycles. The Morgan fingerprint density at radius 1 is 1.26 bits per heavy atom. The quantitative estimate of drug-likeness (QED) is 0.776. The lowest BCUT2D eigenvalue weighted by molar-refractivity contribution is -0.139. The molecule has 118 valence electrons. The van der Waals surface area contributed by atoms with Crippen LogP contribution >= 0.6 is 0 Å². The van der Waals surface area contributed by atoms with E-state index in [4.69, 9.17) is 5.11 Å². The topological polar surface area (TPSA) is 78.9 Å². The fourth-order valence-corrected chi connectivity index (χ4v) is 2.44. The first-order valence-electron chi connectivity index (χ1n) is 6.56. The zero-order chi connectivity index (χ0) is 16.6. The van der Waals surface area contributed by atoms with Crippen molar-refractivity contribution in [2.24, 2.45) is 0 Å². The van der Waals surface area contributed by atoms with E-state index in [1.54, 1.807) is 6.07 Å². The largest absolute Gasteiger partial charge is 0.481 e. The molecule has 5 nitrogen and oxygen atoms in total. The van der Waals surface area contributed by atoms with Crippen molar-refractivity contribution in [2.45, 2.75) is 12.6 Å². The van der Waals surface area contributed by atoms with Gasteiger partial charge in [0.2, 0.25) is 0 Å². The second kappa shape index (κ2) is 5.38. The number of nitrogens with zero attached hydrogens (tertiary/aromatic N) is 2. The van der Waals surface area contributed by atoms with Gasteiger partial charge < -0.3 is 5.11 Å². The smallest absolute Gasteiger partial charge is 0.418 e. The predicted molar refractivity (Wildman–Crippen MR) is 75.7 cm³/mol. The van der Waals surface area contributed by atoms with Gasteiger partial charge in [-0.15, -0.1) is 0 Å². The highest BCUT2D eigenvalue weighted by atomic mass is 19.4. The van der Waals surface area contributed by atoms with E-state index in [2.05, 4.69) is 15.2 Å². The lowest BCUT2D eigenvalue weighted by Crippen LogP contribution is -2.15. The van der Waals surface area contributed by atoms with Crippen molar-refractivity contribution >= 4 is 16.9 Å². The van der Waals surface area contributed by atoms with Crippen LogP contribution in [0.15, 0.2) is 36.7 Å². The molecular weight excluding hydrogens is 311 g/mol. The molecule has 0 saturated carbocycles. The maximum absolute atomic E-state index is 13.4. The highest BCUT2D eigenvalue weighted by molar-refractivity contribution is 5.84. The molecule has 0 saturated heterocycles. The van der Waals surface area contributed by atoms with Crippen LogP contribution in [-0.2, 0) is 17.4 Å². The summed E-state index contributed by atoms with van der Waals surface area (Å²) in [4.78, 5) is 14.7. The average Bonchev–Trinajstić information content (AvgIpc) is 2.92. The number of carboxylic acid groups (broad SMARTS) is 1. The van der Waals surface area contributed by atoms with Crippen LogP contribution in [0.3, 0.4) is 0 Å². The molecule has 0 bridgehead atoms. The molecule has 0 radical (unpaired) electrons. The molecule has 0 amide bonds. The molecule has 0 fully saturated rings. The number of aromatic amines is 1. The number of carbonyl (C=O) groups is 1. The van der Waals surface area contributed by atoms with E-state index in [0.29, 0.717) is 10.9 Å². The van der Waals surface area contributed by atoms with E-state index < -0.39 is 24.1 Å². The van der Waals surface area contributed by atoms with Gasteiger partial charge in [0.05, 0.1) is 29.4 Å². The van der Waals surface area contributed by atoms with Crippen molar-refractivity contribution < 1.29 is 23.1 Å². The molecule has 8 heteroatoms. The van der Waals surface area contributed by atoms with Crippen LogP contribution in [0.2, 0.25) is 0 Å². The fourth-order valence-electron chi connectivity index (χ4n) is 2.44. The first-order chi connectivity index (χ1) is 10.9. The van der Waals surface area contributed by atoms with E-state index in [9.17, 15) is 18.0 Å². The summed E-state index contributed by atoms with van der Waals surface area (Å²) in [7, 11) is 0. The third-order valence-electron chi connectivity index (χ3n) is 3.38. The first kappa shape index (κ1) is 15.0. The van der Waals surface area contributed by atoms with Crippen molar-refractivity contribution in [3.8, 4) is 11.3 Å². The van der Waals surface area contributed by atoms with E-state index >= 15 is 0 Å². The molecule has 0 aliphatic carbocycles. The summed E-state index contributed by atoms with van der Waals surface area (Å²) in [5, 5.41) is 16.0. The number of benzene rings is 1. The summed E-state index contributed by atoms with van der Waals surface area (Å²) < 4.78 is 40.3. The number of rotatable bonds is 3. The van der Waals surface area contributed by atoms with Gasteiger partial charge in [-0.3, -0.25) is 14.9 Å². The Kier molecular flexibility index (Phi) is 3.51. The third-order valence-corrected chi connectivity index (χ3v) is 3.38. The van der Waals surface area contributed by atoms with Gasteiger partial charge >= 0.3 is 12.1 Å². The molecular formula is C15H10F3N3O2. The summed E-state index contributed by atoms with van der Waals surface area (Å²) in [6.45, 7) is 0. The maximum atomic E-state index is 13.4. The van der Waals surface area contributed by atoms with Gasteiger partial charge in [0.15, 0.2) is 0 Å². The van der Waals surface area contributed by atoms with Crippen LogP contribution in [0, 0.1) is 0 Å². The van der Waals surface area contributed by atoms with E-state index in [-0.39, 0.29) is 16.8 Å². The van der Waals surface area contributed by atoms with Crippen molar-refractivity contribution in [1.29, 1.82) is 0 Å². The molecule has 3 aromatic rings. The summed E-state index contributed by atoms with van der Waals surface area (Å²) >= 11 is 0. The number of nitrogens with one attached hydrogen (secondary N) is 1. The highest BCUT2D eigenvalue weighted by Gasteiger charge is 2.37. The number of pyridine rings is 1. The number of fused-ring (bicyclic) bond motifs is 1. The van der Waals surface area contributed by atoms with Gasteiger partial charge in [0.1, 0.15) is 0 Å². The Bertz CT molecular complexity index is 887. The Labute approximate surface area is 127 Å². The first-order valence-corrected chi connectivity index (χ1v) is 6.56. The minimum Gasteiger partial charge on any atom is -0.481 e. The van der Waals surface area contributed by atoms with Gasteiger partial charge in [-0.2, -0.15) is 18.3 Å². The van der Waals surface area contributed by atoms with E-state index in [1.165, 1.54) is 24.5 Å². The molecule has 3 rings (SSSR count). The molecule has 23 heavy (non-hydrogen) atoms. The monoisotopic (exact) mass is 321 g/mol. The Hall–Kier alpha value is -2.90. The Morgan fingerprint density at radius 3 is 2.74 bits per heavy atom. The van der Waals surface area contributed by atoms with Crippen LogP contribution < -0.4 is 0 Å². The van der Waals surface area contributed by atoms with Gasteiger partial charge in [-0.25, -0.2) is 0 Å². The van der Waals surface area contributed by atoms with Crippen LogP contribution in [0.5, 0.6) is 0 Å². The predicted octanol–water partition coefficient (Wildman–Crippen LogP) is 3.27. The van der Waals surface area contributed by atoms with Crippen molar-refractivity contribution in [3.63, 3.8) is 0 Å². The molecule has 2 aromatic heterocycles. The number of aliphatic carboxylic acids is 1. The normalized spacial score (nSPS) is 11.8. The number of alkyl halides is 3. The van der Waals surface area contributed by atoms with Gasteiger partial charge in [-0.1, -0.05) is 6.07 Å². The lowest BCUT2D eigenvalue weighted by Gasteiger charge is -2.16. The molecule has 0 aliphatic rings. The minimum absolute atomic E-state index is 0.249. The minimum atomic E-state index is -4.71. The van der Waals surface area contributed by atoms with E-state index in [0.717, 1.165) is 6.07 Å². The van der Waals surface area contributed by atoms with E-state index in [1.807, 2.05) is 0 Å².